The van der Waals surface area contributed by atoms with Crippen molar-refractivity contribution in [2.24, 2.45) is 0 Å². The molecule has 2 bridgehead atoms. The second-order valence-electron chi connectivity index (χ2n) is 4.11. The third-order valence-corrected chi connectivity index (χ3v) is 3.36. The zero-order valence-electron chi connectivity index (χ0n) is 7.56. The van der Waals surface area contributed by atoms with E-state index in [9.17, 15) is 0 Å². The van der Waals surface area contributed by atoms with Gasteiger partial charge in [0.2, 0.25) is 0 Å². The van der Waals surface area contributed by atoms with Gasteiger partial charge in [0.25, 0.3) is 0 Å². The van der Waals surface area contributed by atoms with Crippen LogP contribution in [-0.2, 0) is 5.54 Å². The lowest BCUT2D eigenvalue weighted by molar-refractivity contribution is 0.169. The molecule has 0 aliphatic carbocycles. The summed E-state index contributed by atoms with van der Waals surface area (Å²) in [5.41, 5.74) is 0.224. The van der Waals surface area contributed by atoms with E-state index in [1.54, 1.807) is 6.33 Å². The van der Waals surface area contributed by atoms with Gasteiger partial charge < -0.3 is 4.90 Å². The second kappa shape index (κ2) is 2.51. The SMILES string of the molecule is c1nnnn1C12CCCN(CC1)C2. The molecule has 1 aromatic rings. The van der Waals surface area contributed by atoms with Gasteiger partial charge in [0.1, 0.15) is 6.33 Å². The van der Waals surface area contributed by atoms with Gasteiger partial charge in [-0.1, -0.05) is 0 Å². The van der Waals surface area contributed by atoms with E-state index in [1.807, 2.05) is 4.68 Å². The highest BCUT2D eigenvalue weighted by Crippen LogP contribution is 2.36. The van der Waals surface area contributed by atoms with Crippen LogP contribution in [0.15, 0.2) is 6.33 Å². The minimum Gasteiger partial charge on any atom is -0.301 e. The molecule has 2 aliphatic heterocycles. The monoisotopic (exact) mass is 179 g/mol. The molecule has 0 N–H and O–H groups in total. The number of fused-ring (bicyclic) bond motifs is 2. The molecular formula is C8H13N5. The van der Waals surface area contributed by atoms with Gasteiger partial charge in [0, 0.05) is 13.1 Å². The number of hydrogen-bond donors (Lipinski definition) is 0. The third-order valence-electron chi connectivity index (χ3n) is 3.36. The predicted octanol–water partition coefficient (Wildman–Crippen LogP) is -0.132. The Morgan fingerprint density at radius 2 is 2.23 bits per heavy atom. The topological polar surface area (TPSA) is 46.8 Å². The summed E-state index contributed by atoms with van der Waals surface area (Å²) in [6, 6.07) is 0. The molecule has 2 saturated heterocycles. The van der Waals surface area contributed by atoms with Gasteiger partial charge in [-0.3, -0.25) is 0 Å². The van der Waals surface area contributed by atoms with Crippen LogP contribution in [0, 0.1) is 0 Å². The number of rotatable bonds is 1. The first-order valence-electron chi connectivity index (χ1n) is 4.85. The van der Waals surface area contributed by atoms with Gasteiger partial charge in [0.05, 0.1) is 5.54 Å². The van der Waals surface area contributed by atoms with Gasteiger partial charge in [-0.15, -0.1) is 5.10 Å². The van der Waals surface area contributed by atoms with Gasteiger partial charge in [-0.05, 0) is 36.2 Å². The van der Waals surface area contributed by atoms with Crippen molar-refractivity contribution < 1.29 is 0 Å². The molecule has 2 fully saturated rings. The Kier molecular flexibility index (Phi) is 1.44. The number of piperidine rings is 1. The first-order chi connectivity index (χ1) is 6.39. The van der Waals surface area contributed by atoms with Gasteiger partial charge in [0.15, 0.2) is 0 Å². The summed E-state index contributed by atoms with van der Waals surface area (Å²) in [5.74, 6) is 0. The molecule has 13 heavy (non-hydrogen) atoms. The summed E-state index contributed by atoms with van der Waals surface area (Å²) < 4.78 is 1.96. The molecule has 5 nitrogen and oxygen atoms in total. The summed E-state index contributed by atoms with van der Waals surface area (Å²) in [4.78, 5) is 2.51. The normalized spacial score (nSPS) is 38.0. The van der Waals surface area contributed by atoms with Gasteiger partial charge in [-0.25, -0.2) is 4.68 Å². The van der Waals surface area contributed by atoms with Crippen LogP contribution in [0.2, 0.25) is 0 Å². The van der Waals surface area contributed by atoms with Crippen molar-refractivity contribution in [1.29, 1.82) is 0 Å². The molecule has 5 heteroatoms. The highest BCUT2D eigenvalue weighted by molar-refractivity contribution is 4.97. The highest BCUT2D eigenvalue weighted by atomic mass is 15.6. The maximum Gasteiger partial charge on any atom is 0.138 e. The zero-order chi connectivity index (χ0) is 8.73. The Morgan fingerprint density at radius 1 is 1.23 bits per heavy atom. The summed E-state index contributed by atoms with van der Waals surface area (Å²) >= 11 is 0. The smallest absolute Gasteiger partial charge is 0.138 e. The van der Waals surface area contributed by atoms with Crippen molar-refractivity contribution in [1.82, 2.24) is 25.1 Å². The summed E-state index contributed by atoms with van der Waals surface area (Å²) in [5, 5.41) is 11.5. The quantitative estimate of drug-likeness (QED) is 0.602. The molecule has 3 rings (SSSR count). The van der Waals surface area contributed by atoms with Crippen LogP contribution in [-0.4, -0.2) is 44.7 Å². The molecule has 0 amide bonds. The Hall–Kier alpha value is -0.970. The largest absolute Gasteiger partial charge is 0.301 e. The standard InChI is InChI=1S/C8H13N5/c1-2-8(13-7-9-10-11-13)3-5-12(4-1)6-8/h7H,1-6H2. The predicted molar refractivity (Wildman–Crippen MR) is 46.1 cm³/mol. The van der Waals surface area contributed by atoms with Crippen molar-refractivity contribution >= 4 is 0 Å². The number of nitrogens with zero attached hydrogens (tertiary/aromatic N) is 5. The Balaban J connectivity index is 1.97. The lowest BCUT2D eigenvalue weighted by Gasteiger charge is -2.33. The number of aromatic nitrogens is 4. The van der Waals surface area contributed by atoms with E-state index in [0.29, 0.717) is 0 Å². The molecule has 2 atom stereocenters. The Morgan fingerprint density at radius 3 is 3.08 bits per heavy atom. The number of tetrazole rings is 1. The average Bonchev–Trinajstić information content (AvgIpc) is 2.75. The zero-order valence-corrected chi connectivity index (χ0v) is 7.56. The highest BCUT2D eigenvalue weighted by Gasteiger charge is 2.43. The number of hydrogen-bond acceptors (Lipinski definition) is 4. The Bertz CT molecular complexity index is 291. The minimum atomic E-state index is 0.224. The maximum absolute atomic E-state index is 4.04. The van der Waals surface area contributed by atoms with E-state index in [2.05, 4.69) is 20.4 Å². The fraction of sp³-hybridized carbons (Fsp3) is 0.875. The molecule has 0 saturated carbocycles. The molecular weight excluding hydrogens is 166 g/mol. The van der Waals surface area contributed by atoms with Crippen molar-refractivity contribution in [3.8, 4) is 0 Å². The van der Waals surface area contributed by atoms with Crippen LogP contribution < -0.4 is 0 Å². The van der Waals surface area contributed by atoms with Crippen molar-refractivity contribution in [3.05, 3.63) is 6.33 Å². The van der Waals surface area contributed by atoms with Crippen LogP contribution >= 0.6 is 0 Å². The van der Waals surface area contributed by atoms with E-state index in [1.165, 1.54) is 32.4 Å². The summed E-state index contributed by atoms with van der Waals surface area (Å²) in [6.07, 6.45) is 5.47. The van der Waals surface area contributed by atoms with E-state index in [0.717, 1.165) is 6.54 Å². The van der Waals surface area contributed by atoms with Crippen molar-refractivity contribution in [2.75, 3.05) is 19.6 Å². The van der Waals surface area contributed by atoms with Crippen LogP contribution in [0.5, 0.6) is 0 Å². The lowest BCUT2D eigenvalue weighted by atomic mass is 9.91. The van der Waals surface area contributed by atoms with Gasteiger partial charge in [-0.2, -0.15) is 0 Å². The molecule has 2 aliphatic rings. The van der Waals surface area contributed by atoms with Gasteiger partial charge >= 0.3 is 0 Å². The summed E-state index contributed by atoms with van der Waals surface area (Å²) in [7, 11) is 0. The van der Waals surface area contributed by atoms with Crippen LogP contribution in [0.4, 0.5) is 0 Å². The molecule has 0 spiro atoms. The summed E-state index contributed by atoms with van der Waals surface area (Å²) in [6.45, 7) is 3.60. The molecule has 1 aromatic heterocycles. The van der Waals surface area contributed by atoms with Crippen molar-refractivity contribution in [2.45, 2.75) is 24.8 Å². The van der Waals surface area contributed by atoms with Crippen molar-refractivity contribution in [3.63, 3.8) is 0 Å². The lowest BCUT2D eigenvalue weighted by Crippen LogP contribution is -2.41. The van der Waals surface area contributed by atoms with Crippen LogP contribution in [0.25, 0.3) is 0 Å². The van der Waals surface area contributed by atoms with Crippen LogP contribution in [0.1, 0.15) is 19.3 Å². The molecule has 0 radical (unpaired) electrons. The molecule has 2 unspecified atom stereocenters. The second-order valence-corrected chi connectivity index (χ2v) is 4.11. The first-order valence-corrected chi connectivity index (χ1v) is 4.85. The Labute approximate surface area is 76.7 Å². The van der Waals surface area contributed by atoms with E-state index < -0.39 is 0 Å². The molecule has 0 aromatic carbocycles. The third kappa shape index (κ3) is 0.997. The maximum atomic E-state index is 4.04. The minimum absolute atomic E-state index is 0.224. The average molecular weight is 179 g/mol. The van der Waals surface area contributed by atoms with Crippen LogP contribution in [0.3, 0.4) is 0 Å². The van der Waals surface area contributed by atoms with E-state index in [-0.39, 0.29) is 5.54 Å². The van der Waals surface area contributed by atoms with E-state index in [4.69, 9.17) is 0 Å². The fourth-order valence-electron chi connectivity index (χ4n) is 2.65. The molecule has 70 valence electrons. The fourth-order valence-corrected chi connectivity index (χ4v) is 2.65. The first kappa shape index (κ1) is 7.44. The van der Waals surface area contributed by atoms with E-state index >= 15 is 0 Å². The molecule has 3 heterocycles.